The van der Waals surface area contributed by atoms with Crippen LogP contribution in [0.25, 0.3) is 0 Å². The van der Waals surface area contributed by atoms with E-state index in [-0.39, 0.29) is 17.8 Å². The maximum Gasteiger partial charge on any atom is 0.126 e. The Balaban J connectivity index is 1.87. The van der Waals surface area contributed by atoms with Crippen molar-refractivity contribution >= 4 is 0 Å². The van der Waals surface area contributed by atoms with Crippen LogP contribution in [0.2, 0.25) is 0 Å². The van der Waals surface area contributed by atoms with Crippen LogP contribution in [0.5, 0.6) is 0 Å². The first-order valence-corrected chi connectivity index (χ1v) is 7.45. The molecule has 3 heteroatoms. The molecule has 0 radical (unpaired) electrons. The van der Waals surface area contributed by atoms with Gasteiger partial charge in [0, 0.05) is 19.0 Å². The van der Waals surface area contributed by atoms with Crippen LogP contribution >= 0.6 is 0 Å². The van der Waals surface area contributed by atoms with Crippen LogP contribution in [0.4, 0.5) is 4.39 Å². The maximum atomic E-state index is 14.0. The van der Waals surface area contributed by atoms with Crippen LogP contribution in [0.15, 0.2) is 54.6 Å². The van der Waals surface area contributed by atoms with Gasteiger partial charge in [0.2, 0.25) is 0 Å². The van der Waals surface area contributed by atoms with Crippen LogP contribution in [-0.4, -0.2) is 25.8 Å². The van der Waals surface area contributed by atoms with Gasteiger partial charge in [0.15, 0.2) is 0 Å². The summed E-state index contributed by atoms with van der Waals surface area (Å²) < 4.78 is 19.9. The number of nitrogens with one attached hydrogen (secondary N) is 1. The third-order valence-corrected chi connectivity index (χ3v) is 4.03. The predicted octanol–water partition coefficient (Wildman–Crippen LogP) is 3.14. The molecule has 0 bridgehead atoms. The lowest BCUT2D eigenvalue weighted by atomic mass is 9.86. The first-order valence-electron chi connectivity index (χ1n) is 7.45. The molecule has 1 heterocycles. The quantitative estimate of drug-likeness (QED) is 0.932. The highest BCUT2D eigenvalue weighted by Crippen LogP contribution is 2.28. The molecule has 2 aromatic carbocycles. The molecule has 1 N–H and O–H groups in total. The van der Waals surface area contributed by atoms with Gasteiger partial charge >= 0.3 is 0 Å². The molecule has 0 aromatic heterocycles. The van der Waals surface area contributed by atoms with E-state index in [0.717, 1.165) is 18.7 Å². The second kappa shape index (κ2) is 6.83. The van der Waals surface area contributed by atoms with Crippen molar-refractivity contribution in [3.63, 3.8) is 0 Å². The fraction of sp³-hybridized carbons (Fsp3) is 0.333. The SMILES string of the molecule is Fc1ccccc1CC(c1ccccc1)[C@@H]1CNCCO1. The van der Waals surface area contributed by atoms with Gasteiger partial charge in [0.05, 0.1) is 12.7 Å². The van der Waals surface area contributed by atoms with E-state index in [1.165, 1.54) is 11.6 Å². The van der Waals surface area contributed by atoms with Crippen molar-refractivity contribution < 1.29 is 9.13 Å². The molecule has 1 saturated heterocycles. The molecule has 0 spiro atoms. The van der Waals surface area contributed by atoms with Gasteiger partial charge in [-0.05, 0) is 23.6 Å². The van der Waals surface area contributed by atoms with Crippen LogP contribution in [0.3, 0.4) is 0 Å². The lowest BCUT2D eigenvalue weighted by Crippen LogP contribution is -2.42. The van der Waals surface area contributed by atoms with E-state index >= 15 is 0 Å². The Hall–Kier alpha value is -1.71. The summed E-state index contributed by atoms with van der Waals surface area (Å²) in [7, 11) is 0. The Morgan fingerprint density at radius 1 is 1.10 bits per heavy atom. The van der Waals surface area contributed by atoms with Gasteiger partial charge < -0.3 is 10.1 Å². The molecule has 3 rings (SSSR count). The lowest BCUT2D eigenvalue weighted by Gasteiger charge is -2.31. The summed E-state index contributed by atoms with van der Waals surface area (Å²) in [6.45, 7) is 2.41. The molecule has 1 fully saturated rings. The summed E-state index contributed by atoms with van der Waals surface area (Å²) >= 11 is 0. The number of hydrogen-bond donors (Lipinski definition) is 1. The van der Waals surface area contributed by atoms with Crippen molar-refractivity contribution in [2.24, 2.45) is 0 Å². The number of rotatable bonds is 4. The Kier molecular flexibility index (Phi) is 4.63. The zero-order valence-corrected chi connectivity index (χ0v) is 12.0. The fourth-order valence-electron chi connectivity index (χ4n) is 2.91. The van der Waals surface area contributed by atoms with E-state index in [2.05, 4.69) is 17.4 Å². The molecular formula is C18H20FNO. The lowest BCUT2D eigenvalue weighted by molar-refractivity contribution is 0.0109. The average Bonchev–Trinajstić information content (AvgIpc) is 2.56. The standard InChI is InChI=1S/C18H20FNO/c19-17-9-5-4-8-15(17)12-16(14-6-2-1-3-7-14)18-13-20-10-11-21-18/h1-9,16,18,20H,10-13H2/t16?,18-/m0/s1. The predicted molar refractivity (Wildman–Crippen MR) is 81.9 cm³/mol. The van der Waals surface area contributed by atoms with Crippen molar-refractivity contribution in [3.05, 3.63) is 71.5 Å². The Bertz CT molecular complexity index is 566. The van der Waals surface area contributed by atoms with Crippen LogP contribution < -0.4 is 5.32 Å². The Labute approximate surface area is 125 Å². The topological polar surface area (TPSA) is 21.3 Å². The third kappa shape index (κ3) is 3.49. The van der Waals surface area contributed by atoms with Gasteiger partial charge in [-0.15, -0.1) is 0 Å². The normalized spacial score (nSPS) is 20.1. The minimum absolute atomic E-state index is 0.0840. The summed E-state index contributed by atoms with van der Waals surface area (Å²) in [6.07, 6.45) is 0.740. The number of morpholine rings is 1. The molecule has 2 aromatic rings. The van der Waals surface area contributed by atoms with Gasteiger partial charge in [-0.2, -0.15) is 0 Å². The van der Waals surface area contributed by atoms with E-state index in [1.807, 2.05) is 30.3 Å². The van der Waals surface area contributed by atoms with E-state index < -0.39 is 0 Å². The van der Waals surface area contributed by atoms with E-state index in [0.29, 0.717) is 13.0 Å². The highest BCUT2D eigenvalue weighted by Gasteiger charge is 2.26. The first-order chi connectivity index (χ1) is 10.3. The van der Waals surface area contributed by atoms with Crippen LogP contribution in [0.1, 0.15) is 17.0 Å². The molecule has 0 aliphatic carbocycles. The summed E-state index contributed by atoms with van der Waals surface area (Å²) in [6, 6.07) is 17.3. The van der Waals surface area contributed by atoms with Crippen molar-refractivity contribution in [1.29, 1.82) is 0 Å². The zero-order valence-electron chi connectivity index (χ0n) is 12.0. The van der Waals surface area contributed by atoms with Gasteiger partial charge in [-0.3, -0.25) is 0 Å². The van der Waals surface area contributed by atoms with E-state index in [1.54, 1.807) is 6.07 Å². The molecule has 0 amide bonds. The van der Waals surface area contributed by atoms with E-state index in [4.69, 9.17) is 4.74 Å². The zero-order chi connectivity index (χ0) is 14.5. The molecule has 21 heavy (non-hydrogen) atoms. The second-order valence-corrected chi connectivity index (χ2v) is 5.43. The Morgan fingerprint density at radius 3 is 2.57 bits per heavy atom. The maximum absolute atomic E-state index is 14.0. The molecule has 1 aliphatic heterocycles. The minimum Gasteiger partial charge on any atom is -0.375 e. The van der Waals surface area contributed by atoms with Gasteiger partial charge in [0.1, 0.15) is 5.82 Å². The van der Waals surface area contributed by atoms with Gasteiger partial charge in [-0.25, -0.2) is 4.39 Å². The number of halogens is 1. The fourth-order valence-corrected chi connectivity index (χ4v) is 2.91. The molecule has 110 valence electrons. The van der Waals surface area contributed by atoms with Crippen molar-refractivity contribution in [2.75, 3.05) is 19.7 Å². The molecule has 0 saturated carbocycles. The summed E-state index contributed by atoms with van der Waals surface area (Å²) in [5.41, 5.74) is 1.95. The second-order valence-electron chi connectivity index (χ2n) is 5.43. The summed E-state index contributed by atoms with van der Waals surface area (Å²) in [5.74, 6) is 0.0260. The summed E-state index contributed by atoms with van der Waals surface area (Å²) in [5, 5.41) is 3.37. The number of benzene rings is 2. The first kappa shape index (κ1) is 14.2. The Morgan fingerprint density at radius 2 is 1.86 bits per heavy atom. The molecule has 2 atom stereocenters. The number of hydrogen-bond acceptors (Lipinski definition) is 2. The largest absolute Gasteiger partial charge is 0.375 e. The highest BCUT2D eigenvalue weighted by molar-refractivity contribution is 5.26. The smallest absolute Gasteiger partial charge is 0.126 e. The highest BCUT2D eigenvalue weighted by atomic mass is 19.1. The van der Waals surface area contributed by atoms with E-state index in [9.17, 15) is 4.39 Å². The molecular weight excluding hydrogens is 265 g/mol. The van der Waals surface area contributed by atoms with Gasteiger partial charge in [-0.1, -0.05) is 48.5 Å². The van der Waals surface area contributed by atoms with Crippen LogP contribution in [-0.2, 0) is 11.2 Å². The van der Waals surface area contributed by atoms with Gasteiger partial charge in [0.25, 0.3) is 0 Å². The average molecular weight is 285 g/mol. The molecule has 1 unspecified atom stereocenters. The minimum atomic E-state index is -0.137. The van der Waals surface area contributed by atoms with Crippen molar-refractivity contribution in [3.8, 4) is 0 Å². The summed E-state index contributed by atoms with van der Waals surface area (Å²) in [4.78, 5) is 0. The van der Waals surface area contributed by atoms with Crippen molar-refractivity contribution in [1.82, 2.24) is 5.32 Å². The molecule has 2 nitrogen and oxygen atoms in total. The third-order valence-electron chi connectivity index (χ3n) is 4.03. The monoisotopic (exact) mass is 285 g/mol. The van der Waals surface area contributed by atoms with Crippen LogP contribution in [0, 0.1) is 5.82 Å². The van der Waals surface area contributed by atoms with Crippen molar-refractivity contribution in [2.45, 2.75) is 18.4 Å². The number of ether oxygens (including phenoxy) is 1. The molecule has 1 aliphatic rings.